The molecule has 2 aromatic rings. The maximum Gasteiger partial charge on any atom is 0.407 e. The SMILES string of the molecule is CC(C)(C)OC(=O)N[C@H]1CCCN(c2ccc3ncc(I)n3n2)C1. The van der Waals surface area contributed by atoms with Crippen molar-refractivity contribution in [2.24, 2.45) is 0 Å². The number of anilines is 1. The molecular weight excluding hydrogens is 421 g/mol. The molecule has 1 N–H and O–H groups in total. The van der Waals surface area contributed by atoms with Gasteiger partial charge in [-0.25, -0.2) is 14.3 Å². The van der Waals surface area contributed by atoms with E-state index in [4.69, 9.17) is 4.74 Å². The molecule has 8 heteroatoms. The van der Waals surface area contributed by atoms with E-state index < -0.39 is 5.60 Å². The number of carbonyl (C=O) groups excluding carboxylic acids is 1. The van der Waals surface area contributed by atoms with Gasteiger partial charge in [0.05, 0.1) is 6.20 Å². The van der Waals surface area contributed by atoms with Crippen molar-refractivity contribution in [3.05, 3.63) is 22.0 Å². The van der Waals surface area contributed by atoms with Crippen molar-refractivity contribution in [2.45, 2.75) is 45.3 Å². The van der Waals surface area contributed by atoms with Crippen molar-refractivity contribution in [1.29, 1.82) is 0 Å². The van der Waals surface area contributed by atoms with Gasteiger partial charge in [-0.3, -0.25) is 0 Å². The summed E-state index contributed by atoms with van der Waals surface area (Å²) in [4.78, 5) is 18.5. The highest BCUT2D eigenvalue weighted by molar-refractivity contribution is 14.1. The highest BCUT2D eigenvalue weighted by atomic mass is 127. The number of nitrogens with zero attached hydrogens (tertiary/aromatic N) is 4. The number of carbonyl (C=O) groups is 1. The predicted molar refractivity (Wildman–Crippen MR) is 100 cm³/mol. The fourth-order valence-corrected chi connectivity index (χ4v) is 3.28. The van der Waals surface area contributed by atoms with Crippen LogP contribution in [0.25, 0.3) is 5.65 Å². The Morgan fingerprint density at radius 2 is 2.21 bits per heavy atom. The largest absolute Gasteiger partial charge is 0.444 e. The molecule has 3 rings (SSSR count). The van der Waals surface area contributed by atoms with E-state index in [-0.39, 0.29) is 12.1 Å². The van der Waals surface area contributed by atoms with E-state index in [2.05, 4.69) is 42.9 Å². The number of alkyl carbamates (subject to hydrolysis) is 1. The molecule has 1 aliphatic heterocycles. The Labute approximate surface area is 154 Å². The number of imidazole rings is 1. The zero-order valence-electron chi connectivity index (χ0n) is 14.1. The second kappa shape index (κ2) is 6.73. The number of fused-ring (bicyclic) bond motifs is 1. The standard InChI is InChI=1S/C16H22IN5O2/c1-16(2,3)24-15(23)19-11-5-4-8-21(10-11)14-7-6-13-18-9-12(17)22(13)20-14/h6-7,9,11H,4-5,8,10H2,1-3H3,(H,19,23)/t11-/m0/s1. The Hall–Kier alpha value is -1.58. The van der Waals surface area contributed by atoms with E-state index in [1.54, 1.807) is 6.20 Å². The van der Waals surface area contributed by atoms with Gasteiger partial charge in [-0.15, -0.1) is 5.10 Å². The first-order valence-corrected chi connectivity index (χ1v) is 9.14. The number of aromatic nitrogens is 3. The molecule has 0 saturated carbocycles. The Bertz CT molecular complexity index is 740. The molecule has 0 aromatic carbocycles. The van der Waals surface area contributed by atoms with Crippen LogP contribution in [0.1, 0.15) is 33.6 Å². The van der Waals surface area contributed by atoms with Gasteiger partial charge in [0.25, 0.3) is 0 Å². The Balaban J connectivity index is 1.68. The smallest absolute Gasteiger partial charge is 0.407 e. The van der Waals surface area contributed by atoms with Crippen LogP contribution in [-0.4, -0.2) is 45.4 Å². The molecule has 3 heterocycles. The van der Waals surface area contributed by atoms with Crippen LogP contribution in [-0.2, 0) is 4.74 Å². The van der Waals surface area contributed by atoms with E-state index in [1.165, 1.54) is 0 Å². The van der Waals surface area contributed by atoms with Crippen molar-refractivity contribution >= 4 is 40.1 Å². The summed E-state index contributed by atoms with van der Waals surface area (Å²) >= 11 is 2.22. The third kappa shape index (κ3) is 4.08. The van der Waals surface area contributed by atoms with Crippen LogP contribution in [0.4, 0.5) is 10.6 Å². The quantitative estimate of drug-likeness (QED) is 0.723. The number of piperidine rings is 1. The molecule has 0 aliphatic carbocycles. The second-order valence-electron chi connectivity index (χ2n) is 6.97. The lowest BCUT2D eigenvalue weighted by Crippen LogP contribution is -2.49. The summed E-state index contributed by atoms with van der Waals surface area (Å²) in [5.74, 6) is 0.897. The second-order valence-corrected chi connectivity index (χ2v) is 8.08. The van der Waals surface area contributed by atoms with Gasteiger partial charge in [0.15, 0.2) is 5.65 Å². The van der Waals surface area contributed by atoms with E-state index >= 15 is 0 Å². The van der Waals surface area contributed by atoms with E-state index in [1.807, 2.05) is 37.4 Å². The van der Waals surface area contributed by atoms with Crippen LogP contribution < -0.4 is 10.2 Å². The summed E-state index contributed by atoms with van der Waals surface area (Å²) < 4.78 is 8.16. The first kappa shape index (κ1) is 17.2. The third-order valence-electron chi connectivity index (χ3n) is 3.77. The molecule has 7 nitrogen and oxygen atoms in total. The van der Waals surface area contributed by atoms with Crippen LogP contribution in [0.2, 0.25) is 0 Å². The van der Waals surface area contributed by atoms with E-state index in [0.29, 0.717) is 0 Å². The average Bonchev–Trinajstić information content (AvgIpc) is 2.86. The third-order valence-corrected chi connectivity index (χ3v) is 4.51. The number of ether oxygens (including phenoxy) is 1. The van der Waals surface area contributed by atoms with Gasteiger partial charge in [0, 0.05) is 19.1 Å². The predicted octanol–water partition coefficient (Wildman–Crippen LogP) is 2.83. The van der Waals surface area contributed by atoms with Crippen molar-refractivity contribution in [1.82, 2.24) is 19.9 Å². The molecule has 0 spiro atoms. The number of hydrogen-bond acceptors (Lipinski definition) is 5. The zero-order valence-corrected chi connectivity index (χ0v) is 16.3. The minimum absolute atomic E-state index is 0.0629. The lowest BCUT2D eigenvalue weighted by molar-refractivity contribution is 0.0500. The number of nitrogens with one attached hydrogen (secondary N) is 1. The Kier molecular flexibility index (Phi) is 4.84. The van der Waals surface area contributed by atoms with Crippen LogP contribution in [0, 0.1) is 3.70 Å². The molecule has 0 radical (unpaired) electrons. The molecular formula is C16H22IN5O2. The van der Waals surface area contributed by atoms with Crippen LogP contribution in [0.3, 0.4) is 0 Å². The molecule has 24 heavy (non-hydrogen) atoms. The maximum atomic E-state index is 12.0. The average molecular weight is 443 g/mol. The fourth-order valence-electron chi connectivity index (χ4n) is 2.78. The molecule has 130 valence electrons. The Morgan fingerprint density at radius 1 is 1.42 bits per heavy atom. The van der Waals surface area contributed by atoms with Crippen molar-refractivity contribution in [3.63, 3.8) is 0 Å². The lowest BCUT2D eigenvalue weighted by atomic mass is 10.1. The maximum absolute atomic E-state index is 12.0. The van der Waals surface area contributed by atoms with Crippen LogP contribution in [0.15, 0.2) is 18.3 Å². The van der Waals surface area contributed by atoms with Gasteiger partial charge in [-0.05, 0) is 68.3 Å². The molecule has 0 unspecified atom stereocenters. The summed E-state index contributed by atoms with van der Waals surface area (Å²) in [5, 5.41) is 7.63. The minimum Gasteiger partial charge on any atom is -0.444 e. The molecule has 2 aromatic heterocycles. The molecule has 1 amide bonds. The normalized spacial score (nSPS) is 18.7. The van der Waals surface area contributed by atoms with Crippen LogP contribution >= 0.6 is 22.6 Å². The molecule has 1 atom stereocenters. The highest BCUT2D eigenvalue weighted by Crippen LogP contribution is 2.19. The highest BCUT2D eigenvalue weighted by Gasteiger charge is 2.25. The molecule has 0 bridgehead atoms. The molecule has 1 saturated heterocycles. The summed E-state index contributed by atoms with van der Waals surface area (Å²) in [7, 11) is 0. The van der Waals surface area contributed by atoms with Gasteiger partial charge in [-0.1, -0.05) is 0 Å². The van der Waals surface area contributed by atoms with Crippen molar-refractivity contribution in [3.8, 4) is 0 Å². The number of halogens is 1. The summed E-state index contributed by atoms with van der Waals surface area (Å²) in [5.41, 5.74) is 0.354. The van der Waals surface area contributed by atoms with Crippen LogP contribution in [0.5, 0.6) is 0 Å². The lowest BCUT2D eigenvalue weighted by Gasteiger charge is -2.34. The van der Waals surface area contributed by atoms with Gasteiger partial charge in [-0.2, -0.15) is 0 Å². The monoisotopic (exact) mass is 443 g/mol. The minimum atomic E-state index is -0.483. The van der Waals surface area contributed by atoms with Crippen molar-refractivity contribution < 1.29 is 9.53 Å². The summed E-state index contributed by atoms with van der Waals surface area (Å²) in [6.45, 7) is 7.25. The molecule has 1 fully saturated rings. The Morgan fingerprint density at radius 3 is 2.96 bits per heavy atom. The topological polar surface area (TPSA) is 71.8 Å². The first-order chi connectivity index (χ1) is 11.3. The van der Waals surface area contributed by atoms with Gasteiger partial charge < -0.3 is 15.0 Å². The van der Waals surface area contributed by atoms with Crippen molar-refractivity contribution in [2.75, 3.05) is 18.0 Å². The molecule has 1 aliphatic rings. The van der Waals surface area contributed by atoms with E-state index in [9.17, 15) is 4.79 Å². The number of hydrogen-bond donors (Lipinski definition) is 1. The number of rotatable bonds is 2. The van der Waals surface area contributed by atoms with Gasteiger partial charge in [0.1, 0.15) is 15.1 Å². The summed E-state index contributed by atoms with van der Waals surface area (Å²) in [6.07, 6.45) is 3.39. The fraction of sp³-hybridized carbons (Fsp3) is 0.562. The van der Waals surface area contributed by atoms with Gasteiger partial charge >= 0.3 is 6.09 Å². The summed E-state index contributed by atoms with van der Waals surface area (Å²) in [6, 6.07) is 4.01. The van der Waals surface area contributed by atoms with E-state index in [0.717, 1.165) is 41.1 Å². The van der Waals surface area contributed by atoms with Gasteiger partial charge in [0.2, 0.25) is 0 Å². The zero-order chi connectivity index (χ0) is 17.3. The number of amides is 1. The first-order valence-electron chi connectivity index (χ1n) is 8.06.